The maximum atomic E-state index is 5.23. The molecule has 1 aromatic rings. The highest BCUT2D eigenvalue weighted by Gasteiger charge is 2.29. The Morgan fingerprint density at radius 1 is 1.35 bits per heavy atom. The maximum Gasteiger partial charge on any atom is 0.0857 e. The van der Waals surface area contributed by atoms with Gasteiger partial charge in [-0.15, -0.1) is 5.10 Å². The van der Waals surface area contributed by atoms with Crippen molar-refractivity contribution >= 4 is 11.5 Å². The van der Waals surface area contributed by atoms with Crippen molar-refractivity contribution in [1.29, 1.82) is 0 Å². The molecule has 0 fully saturated rings. The minimum Gasteiger partial charge on any atom is -0.385 e. The molecule has 0 bridgehead atoms. The quantitative estimate of drug-likeness (QED) is 0.797. The maximum absolute atomic E-state index is 5.23. The number of methoxy groups -OCH3 is 1. The molecule has 20 heavy (non-hydrogen) atoms. The van der Waals surface area contributed by atoms with Gasteiger partial charge in [0.2, 0.25) is 0 Å². The number of nitrogens with zero attached hydrogens (tertiary/aromatic N) is 2. The van der Waals surface area contributed by atoms with Gasteiger partial charge in [0, 0.05) is 25.2 Å². The van der Waals surface area contributed by atoms with Gasteiger partial charge in [0.1, 0.15) is 0 Å². The first-order chi connectivity index (χ1) is 9.41. The highest BCUT2D eigenvalue weighted by atomic mass is 32.1. The first-order valence-electron chi connectivity index (χ1n) is 7.46. The van der Waals surface area contributed by atoms with Gasteiger partial charge in [0.25, 0.3) is 0 Å². The molecule has 1 aromatic heterocycles. The van der Waals surface area contributed by atoms with Gasteiger partial charge in [-0.2, -0.15) is 0 Å². The molecule has 4 nitrogen and oxygen atoms in total. The average molecular weight is 299 g/mol. The molecule has 1 heterocycles. The van der Waals surface area contributed by atoms with Crippen LogP contribution in [0.2, 0.25) is 0 Å². The third kappa shape index (κ3) is 4.79. The molecule has 2 unspecified atom stereocenters. The topological polar surface area (TPSA) is 47.0 Å². The van der Waals surface area contributed by atoms with Gasteiger partial charge in [0.15, 0.2) is 0 Å². The fourth-order valence-electron chi connectivity index (χ4n) is 2.24. The largest absolute Gasteiger partial charge is 0.385 e. The number of ether oxygens (including phenoxy) is 1. The molecule has 0 aliphatic heterocycles. The Morgan fingerprint density at radius 3 is 2.60 bits per heavy atom. The molecule has 1 N–H and O–H groups in total. The predicted molar refractivity (Wildman–Crippen MR) is 85.3 cm³/mol. The first-order valence-corrected chi connectivity index (χ1v) is 8.24. The Labute approximate surface area is 127 Å². The number of nitrogens with one attached hydrogen (secondary N) is 1. The van der Waals surface area contributed by atoms with Crippen LogP contribution < -0.4 is 5.32 Å². The van der Waals surface area contributed by atoms with Crippen molar-refractivity contribution in [3.8, 4) is 0 Å². The molecule has 0 aliphatic carbocycles. The number of hydrogen-bond acceptors (Lipinski definition) is 5. The lowest BCUT2D eigenvalue weighted by Crippen LogP contribution is -2.30. The SMILES string of the molecule is CCCNC(c1snnc1C(C)(C)C)C(C)CCOC. The highest BCUT2D eigenvalue weighted by Crippen LogP contribution is 2.34. The van der Waals surface area contributed by atoms with Gasteiger partial charge in [-0.25, -0.2) is 0 Å². The number of aromatic nitrogens is 2. The molecular weight excluding hydrogens is 270 g/mol. The van der Waals surface area contributed by atoms with E-state index in [1.165, 1.54) is 16.4 Å². The second kappa shape index (κ2) is 8.05. The van der Waals surface area contributed by atoms with Gasteiger partial charge < -0.3 is 10.1 Å². The molecular formula is C15H29N3OS. The molecule has 0 saturated carbocycles. The summed E-state index contributed by atoms with van der Waals surface area (Å²) in [4.78, 5) is 1.29. The van der Waals surface area contributed by atoms with Crippen molar-refractivity contribution < 1.29 is 4.74 Å². The standard InChI is InChI=1S/C15H29N3OS/c1-7-9-16-12(11(2)8-10-19-6)13-14(15(3,4)5)17-18-20-13/h11-12,16H,7-10H2,1-6H3. The molecule has 1 rings (SSSR count). The molecule has 2 atom stereocenters. The summed E-state index contributed by atoms with van der Waals surface area (Å²) in [6.45, 7) is 12.9. The van der Waals surface area contributed by atoms with E-state index in [-0.39, 0.29) is 5.41 Å². The van der Waals surface area contributed by atoms with Crippen LogP contribution in [0.4, 0.5) is 0 Å². The van der Waals surface area contributed by atoms with Crippen molar-refractivity contribution in [3.63, 3.8) is 0 Å². The van der Waals surface area contributed by atoms with E-state index in [1.807, 2.05) is 0 Å². The van der Waals surface area contributed by atoms with Crippen LogP contribution in [-0.4, -0.2) is 29.8 Å². The Morgan fingerprint density at radius 2 is 2.05 bits per heavy atom. The zero-order valence-electron chi connectivity index (χ0n) is 13.7. The van der Waals surface area contributed by atoms with Crippen LogP contribution in [-0.2, 0) is 10.2 Å². The van der Waals surface area contributed by atoms with Crippen LogP contribution in [0, 0.1) is 5.92 Å². The average Bonchev–Trinajstić information content (AvgIpc) is 2.86. The second-order valence-corrected chi connectivity index (χ2v) is 7.21. The monoisotopic (exact) mass is 299 g/mol. The minimum absolute atomic E-state index is 0.0372. The van der Waals surface area contributed by atoms with Crippen molar-refractivity contribution in [2.45, 2.75) is 58.9 Å². The molecule has 5 heteroatoms. The first kappa shape index (κ1) is 17.5. The highest BCUT2D eigenvalue weighted by molar-refractivity contribution is 7.05. The lowest BCUT2D eigenvalue weighted by Gasteiger charge is -2.27. The lowest BCUT2D eigenvalue weighted by atomic mass is 9.87. The van der Waals surface area contributed by atoms with Crippen molar-refractivity contribution in [1.82, 2.24) is 14.9 Å². The molecule has 116 valence electrons. The third-order valence-electron chi connectivity index (χ3n) is 3.47. The van der Waals surface area contributed by atoms with Crippen LogP contribution >= 0.6 is 11.5 Å². The minimum atomic E-state index is 0.0372. The molecule has 0 spiro atoms. The Kier molecular flexibility index (Phi) is 7.06. The second-order valence-electron chi connectivity index (χ2n) is 6.43. The fraction of sp³-hybridized carbons (Fsp3) is 0.867. The van der Waals surface area contributed by atoms with Crippen LogP contribution in [0.15, 0.2) is 0 Å². The number of rotatable bonds is 8. The fourth-order valence-corrected chi connectivity index (χ4v) is 3.32. The number of hydrogen-bond donors (Lipinski definition) is 1. The summed E-state index contributed by atoms with van der Waals surface area (Å²) in [6.07, 6.45) is 2.17. The predicted octanol–water partition coefficient (Wildman–Crippen LogP) is 3.55. The van der Waals surface area contributed by atoms with Crippen molar-refractivity contribution in [2.75, 3.05) is 20.3 Å². The van der Waals surface area contributed by atoms with Crippen molar-refractivity contribution in [3.05, 3.63) is 10.6 Å². The van der Waals surface area contributed by atoms with Gasteiger partial charge in [-0.3, -0.25) is 0 Å². The van der Waals surface area contributed by atoms with Gasteiger partial charge in [-0.1, -0.05) is 39.1 Å². The van der Waals surface area contributed by atoms with E-state index in [4.69, 9.17) is 4.74 Å². The lowest BCUT2D eigenvalue weighted by molar-refractivity contribution is 0.170. The summed E-state index contributed by atoms with van der Waals surface area (Å²) in [7, 11) is 1.76. The third-order valence-corrected chi connectivity index (χ3v) is 4.27. The summed E-state index contributed by atoms with van der Waals surface area (Å²) in [5.74, 6) is 0.504. The summed E-state index contributed by atoms with van der Waals surface area (Å²) >= 11 is 1.53. The molecule has 0 saturated heterocycles. The van der Waals surface area contributed by atoms with Crippen LogP contribution in [0.25, 0.3) is 0 Å². The zero-order valence-corrected chi connectivity index (χ0v) is 14.5. The molecule has 0 aromatic carbocycles. The van der Waals surface area contributed by atoms with E-state index in [0.29, 0.717) is 12.0 Å². The molecule has 0 radical (unpaired) electrons. The Balaban J connectivity index is 2.95. The normalized spacial score (nSPS) is 15.3. The van der Waals surface area contributed by atoms with Crippen molar-refractivity contribution in [2.24, 2.45) is 5.92 Å². The Hall–Kier alpha value is -0.520. The van der Waals surface area contributed by atoms with Gasteiger partial charge >= 0.3 is 0 Å². The summed E-state index contributed by atoms with van der Waals surface area (Å²) < 4.78 is 9.43. The summed E-state index contributed by atoms with van der Waals surface area (Å²) in [5, 5.41) is 8.04. The molecule has 0 aliphatic rings. The van der Waals surface area contributed by atoms with E-state index < -0.39 is 0 Å². The summed E-state index contributed by atoms with van der Waals surface area (Å²) in [5.41, 5.74) is 1.16. The van der Waals surface area contributed by atoms with E-state index in [1.54, 1.807) is 7.11 Å². The zero-order chi connectivity index (χ0) is 15.2. The van der Waals surface area contributed by atoms with Crippen LogP contribution in [0.5, 0.6) is 0 Å². The van der Waals surface area contributed by atoms with E-state index in [2.05, 4.69) is 49.5 Å². The van der Waals surface area contributed by atoms with Gasteiger partial charge in [0.05, 0.1) is 10.6 Å². The van der Waals surface area contributed by atoms with Crippen LogP contribution in [0.1, 0.15) is 64.1 Å². The Bertz CT molecular complexity index is 387. The van der Waals surface area contributed by atoms with Gasteiger partial charge in [-0.05, 0) is 36.8 Å². The van der Waals surface area contributed by atoms with E-state index >= 15 is 0 Å². The van der Waals surface area contributed by atoms with E-state index in [9.17, 15) is 0 Å². The van der Waals surface area contributed by atoms with E-state index in [0.717, 1.165) is 31.7 Å². The smallest absolute Gasteiger partial charge is 0.0857 e. The molecule has 0 amide bonds. The summed E-state index contributed by atoms with van der Waals surface area (Å²) in [6, 6.07) is 0.319. The van der Waals surface area contributed by atoms with Crippen LogP contribution in [0.3, 0.4) is 0 Å².